The van der Waals surface area contributed by atoms with Crippen LogP contribution in [0.1, 0.15) is 66.7 Å². The average molecular weight is 565 g/mol. The lowest BCUT2D eigenvalue weighted by Crippen LogP contribution is -2.51. The van der Waals surface area contributed by atoms with E-state index < -0.39 is 0 Å². The molecule has 1 saturated carbocycles. The number of nitrogens with one attached hydrogen (secondary N) is 2. The van der Waals surface area contributed by atoms with Crippen molar-refractivity contribution in [2.75, 3.05) is 58.9 Å². The molecule has 2 aliphatic rings. The molecule has 1 amide bonds. The molecule has 188 valence electrons. The van der Waals surface area contributed by atoms with Gasteiger partial charge in [0.15, 0.2) is 5.96 Å². The molecule has 0 atom stereocenters. The van der Waals surface area contributed by atoms with E-state index in [1.54, 1.807) is 0 Å². The van der Waals surface area contributed by atoms with Crippen LogP contribution in [0.15, 0.2) is 4.99 Å². The Bertz CT molecular complexity index is 535. The van der Waals surface area contributed by atoms with Crippen LogP contribution in [0.3, 0.4) is 0 Å². The lowest BCUT2D eigenvalue weighted by atomic mass is 10.1. The lowest BCUT2D eigenvalue weighted by molar-refractivity contribution is -0.137. The van der Waals surface area contributed by atoms with Crippen molar-refractivity contribution in [1.82, 2.24) is 25.3 Å². The Hall–Kier alpha value is -0.610. The van der Waals surface area contributed by atoms with Gasteiger partial charge in [0.25, 0.3) is 0 Å². The maximum Gasteiger partial charge on any atom is 0.225 e. The van der Waals surface area contributed by atoms with Crippen LogP contribution in [-0.2, 0) is 4.79 Å². The zero-order valence-corrected chi connectivity index (χ0v) is 23.6. The lowest BCUT2D eigenvalue weighted by Gasteiger charge is -2.36. The van der Waals surface area contributed by atoms with Crippen molar-refractivity contribution in [3.8, 4) is 0 Å². The highest BCUT2D eigenvalue weighted by atomic mass is 127. The number of aliphatic imine (C=N–C) groups is 1. The summed E-state index contributed by atoms with van der Waals surface area (Å²) in [5.41, 5.74) is 0. The van der Waals surface area contributed by atoms with Gasteiger partial charge in [0.1, 0.15) is 0 Å². The number of amides is 1. The maximum absolute atomic E-state index is 12.6. The third kappa shape index (κ3) is 10.1. The topological polar surface area (TPSA) is 63.2 Å². The van der Waals surface area contributed by atoms with Crippen molar-refractivity contribution in [2.45, 2.75) is 78.8 Å². The summed E-state index contributed by atoms with van der Waals surface area (Å²) in [4.78, 5) is 24.4. The van der Waals surface area contributed by atoms with E-state index in [1.165, 1.54) is 12.8 Å². The first-order chi connectivity index (χ1) is 14.9. The zero-order chi connectivity index (χ0) is 22.6. The molecule has 2 fully saturated rings. The highest BCUT2D eigenvalue weighted by Crippen LogP contribution is 2.26. The zero-order valence-electron chi connectivity index (χ0n) is 21.2. The molecule has 8 heteroatoms. The fourth-order valence-electron chi connectivity index (χ4n) is 4.85. The summed E-state index contributed by atoms with van der Waals surface area (Å²) in [6.45, 7) is 19.6. The summed E-state index contributed by atoms with van der Waals surface area (Å²) in [7, 11) is 0. The van der Waals surface area contributed by atoms with Crippen LogP contribution in [0.5, 0.6) is 0 Å². The number of carbonyl (C=O) groups excluding carboxylic acids is 1. The fraction of sp³-hybridized carbons (Fsp3) is 0.917. The summed E-state index contributed by atoms with van der Waals surface area (Å²) >= 11 is 0. The van der Waals surface area contributed by atoms with Gasteiger partial charge in [0.2, 0.25) is 5.91 Å². The van der Waals surface area contributed by atoms with Crippen molar-refractivity contribution in [3.63, 3.8) is 0 Å². The normalized spacial score (nSPS) is 18.5. The largest absolute Gasteiger partial charge is 0.357 e. The van der Waals surface area contributed by atoms with E-state index in [1.807, 2.05) is 0 Å². The van der Waals surface area contributed by atoms with E-state index in [9.17, 15) is 4.79 Å². The van der Waals surface area contributed by atoms with Gasteiger partial charge in [0, 0.05) is 76.9 Å². The molecular weight excluding hydrogens is 515 g/mol. The third-order valence-electron chi connectivity index (χ3n) is 6.62. The van der Waals surface area contributed by atoms with Crippen molar-refractivity contribution < 1.29 is 4.79 Å². The molecule has 0 aromatic carbocycles. The first-order valence-corrected chi connectivity index (χ1v) is 12.7. The number of piperazine rings is 1. The van der Waals surface area contributed by atoms with Gasteiger partial charge in [-0.05, 0) is 53.9 Å². The molecule has 0 unspecified atom stereocenters. The molecule has 1 saturated heterocycles. The minimum atomic E-state index is 0. The van der Waals surface area contributed by atoms with E-state index in [-0.39, 0.29) is 24.0 Å². The number of rotatable bonds is 11. The maximum atomic E-state index is 12.6. The second kappa shape index (κ2) is 16.1. The van der Waals surface area contributed by atoms with Crippen LogP contribution in [-0.4, -0.2) is 97.6 Å². The first kappa shape index (κ1) is 29.4. The predicted octanol–water partition coefficient (Wildman–Crippen LogP) is 3.00. The van der Waals surface area contributed by atoms with Crippen LogP contribution in [0.4, 0.5) is 0 Å². The average Bonchev–Trinajstić information content (AvgIpc) is 3.28. The second-order valence-electron chi connectivity index (χ2n) is 9.61. The SMILES string of the molecule is CCNC(=NCCCN(C(C)C)C(C)C)NCCN1CCN(C(=O)C2CCCC2)CC1.I. The van der Waals surface area contributed by atoms with E-state index >= 15 is 0 Å². The van der Waals surface area contributed by atoms with Gasteiger partial charge < -0.3 is 15.5 Å². The molecule has 0 aromatic heterocycles. The Morgan fingerprint density at radius 2 is 1.66 bits per heavy atom. The first-order valence-electron chi connectivity index (χ1n) is 12.7. The van der Waals surface area contributed by atoms with E-state index in [0.717, 1.165) is 84.1 Å². The number of halogens is 1. The highest BCUT2D eigenvalue weighted by Gasteiger charge is 2.29. The van der Waals surface area contributed by atoms with Crippen molar-refractivity contribution in [3.05, 3.63) is 0 Å². The monoisotopic (exact) mass is 564 g/mol. The molecule has 0 bridgehead atoms. The van der Waals surface area contributed by atoms with Crippen molar-refractivity contribution in [2.24, 2.45) is 10.9 Å². The molecule has 7 nitrogen and oxygen atoms in total. The van der Waals surface area contributed by atoms with E-state index in [0.29, 0.717) is 23.9 Å². The molecule has 2 rings (SSSR count). The highest BCUT2D eigenvalue weighted by molar-refractivity contribution is 14.0. The Morgan fingerprint density at radius 1 is 1.03 bits per heavy atom. The Kier molecular flexibility index (Phi) is 14.8. The van der Waals surface area contributed by atoms with Crippen LogP contribution in [0.25, 0.3) is 0 Å². The smallest absolute Gasteiger partial charge is 0.225 e. The van der Waals surface area contributed by atoms with Gasteiger partial charge >= 0.3 is 0 Å². The predicted molar refractivity (Wildman–Crippen MR) is 146 cm³/mol. The Labute approximate surface area is 214 Å². The minimum Gasteiger partial charge on any atom is -0.357 e. The standard InChI is InChI=1S/C24H48N6O.HI/c1-6-25-24(26-12-9-14-30(20(2)3)21(4)5)27-13-15-28-16-18-29(19-17-28)23(31)22-10-7-8-11-22;/h20-22H,6-19H2,1-5H3,(H2,25,26,27);1H. The molecule has 32 heavy (non-hydrogen) atoms. The summed E-state index contributed by atoms with van der Waals surface area (Å²) in [6, 6.07) is 1.15. The van der Waals surface area contributed by atoms with Gasteiger partial charge in [-0.15, -0.1) is 24.0 Å². The summed E-state index contributed by atoms with van der Waals surface area (Å²) < 4.78 is 0. The molecule has 0 radical (unpaired) electrons. The van der Waals surface area contributed by atoms with Crippen LogP contribution in [0.2, 0.25) is 0 Å². The van der Waals surface area contributed by atoms with Crippen molar-refractivity contribution >= 4 is 35.8 Å². The molecule has 0 spiro atoms. The van der Waals surface area contributed by atoms with E-state index in [2.05, 4.69) is 60.0 Å². The van der Waals surface area contributed by atoms with Crippen molar-refractivity contribution in [1.29, 1.82) is 0 Å². The quantitative estimate of drug-likeness (QED) is 0.175. The minimum absolute atomic E-state index is 0. The Morgan fingerprint density at radius 3 is 2.22 bits per heavy atom. The summed E-state index contributed by atoms with van der Waals surface area (Å²) in [5.74, 6) is 1.63. The third-order valence-corrected chi connectivity index (χ3v) is 6.62. The van der Waals surface area contributed by atoms with Gasteiger partial charge in [-0.2, -0.15) is 0 Å². The molecule has 1 heterocycles. The van der Waals surface area contributed by atoms with E-state index in [4.69, 9.17) is 4.99 Å². The van der Waals surface area contributed by atoms with Crippen LogP contribution >= 0.6 is 24.0 Å². The summed E-state index contributed by atoms with van der Waals surface area (Å²) in [6.07, 6.45) is 5.73. The molecular formula is C24H49IN6O. The van der Waals surface area contributed by atoms with Crippen LogP contribution < -0.4 is 10.6 Å². The van der Waals surface area contributed by atoms with Gasteiger partial charge in [0.05, 0.1) is 0 Å². The fourth-order valence-corrected chi connectivity index (χ4v) is 4.85. The number of guanidine groups is 1. The Balaban J connectivity index is 0.00000512. The second-order valence-corrected chi connectivity index (χ2v) is 9.61. The molecule has 2 N–H and O–H groups in total. The summed E-state index contributed by atoms with van der Waals surface area (Å²) in [5, 5.41) is 6.84. The number of nitrogens with zero attached hydrogens (tertiary/aromatic N) is 4. The van der Waals surface area contributed by atoms with Gasteiger partial charge in [-0.25, -0.2) is 0 Å². The number of hydrogen-bond acceptors (Lipinski definition) is 4. The number of carbonyl (C=O) groups is 1. The molecule has 1 aliphatic heterocycles. The number of hydrogen-bond donors (Lipinski definition) is 2. The van der Waals surface area contributed by atoms with Gasteiger partial charge in [-0.1, -0.05) is 12.8 Å². The van der Waals surface area contributed by atoms with Gasteiger partial charge in [-0.3, -0.25) is 19.6 Å². The van der Waals surface area contributed by atoms with Crippen LogP contribution in [0, 0.1) is 5.92 Å². The molecule has 0 aromatic rings. The molecule has 1 aliphatic carbocycles.